The average molecular weight is 271 g/mol. The van der Waals surface area contributed by atoms with Crippen LogP contribution in [0.2, 0.25) is 0 Å². The van der Waals surface area contributed by atoms with Crippen LogP contribution in [0.5, 0.6) is 0 Å². The molecule has 1 atom stereocenters. The molecule has 1 heterocycles. The fourth-order valence-corrected chi connectivity index (χ4v) is 2.11. The van der Waals surface area contributed by atoms with Crippen LogP contribution in [0.3, 0.4) is 0 Å². The number of carboxylic acids is 1. The van der Waals surface area contributed by atoms with E-state index in [0.29, 0.717) is 13.0 Å². The van der Waals surface area contributed by atoms with Crippen LogP contribution in [0.25, 0.3) is 0 Å². The number of urea groups is 1. The Labute approximate surface area is 112 Å². The Morgan fingerprint density at radius 2 is 2.05 bits per heavy atom. The van der Waals surface area contributed by atoms with E-state index in [-0.39, 0.29) is 12.5 Å². The number of rotatable bonds is 6. The van der Waals surface area contributed by atoms with Gasteiger partial charge in [0.05, 0.1) is 0 Å². The van der Waals surface area contributed by atoms with E-state index in [1.807, 2.05) is 0 Å². The fourth-order valence-electron chi connectivity index (χ4n) is 2.11. The summed E-state index contributed by atoms with van der Waals surface area (Å²) < 4.78 is 0. The molecule has 0 aromatic carbocycles. The minimum Gasteiger partial charge on any atom is -0.480 e. The molecule has 1 fully saturated rings. The van der Waals surface area contributed by atoms with Gasteiger partial charge < -0.3 is 10.4 Å². The van der Waals surface area contributed by atoms with Gasteiger partial charge in [0.1, 0.15) is 11.6 Å². The van der Waals surface area contributed by atoms with E-state index in [1.54, 1.807) is 32.7 Å². The monoisotopic (exact) mass is 271 g/mol. The van der Waals surface area contributed by atoms with Crippen molar-refractivity contribution in [3.05, 3.63) is 0 Å². The summed E-state index contributed by atoms with van der Waals surface area (Å²) in [6, 6.07) is -1.03. The number of hydrogen-bond donors (Lipinski definition) is 2. The molecule has 2 N–H and O–H groups in total. The van der Waals surface area contributed by atoms with E-state index in [2.05, 4.69) is 5.32 Å². The number of likely N-dealkylation sites (N-methyl/N-ethyl adjacent to an activating group) is 1. The summed E-state index contributed by atoms with van der Waals surface area (Å²) in [5.74, 6) is -1.18. The zero-order chi connectivity index (χ0) is 14.8. The van der Waals surface area contributed by atoms with Gasteiger partial charge in [0.2, 0.25) is 0 Å². The lowest BCUT2D eigenvalue weighted by atomic mass is 10.1. The summed E-state index contributed by atoms with van der Waals surface area (Å²) in [5.41, 5.74) is -0.882. The molecule has 19 heavy (non-hydrogen) atoms. The quantitative estimate of drug-likeness (QED) is 0.669. The highest BCUT2D eigenvalue weighted by molar-refractivity contribution is 6.06. The van der Waals surface area contributed by atoms with Gasteiger partial charge in [-0.1, -0.05) is 6.92 Å². The molecule has 108 valence electrons. The molecular formula is C12H21N3O4. The highest BCUT2D eigenvalue weighted by atomic mass is 16.4. The van der Waals surface area contributed by atoms with Crippen molar-refractivity contribution >= 4 is 17.9 Å². The molecule has 1 rings (SSSR count). The minimum atomic E-state index is -0.900. The number of carbonyl (C=O) groups is 3. The highest BCUT2D eigenvalue weighted by Crippen LogP contribution is 2.16. The number of nitrogens with zero attached hydrogens (tertiary/aromatic N) is 2. The molecule has 7 heteroatoms. The standard InChI is InChI=1S/C12H21N3O4/c1-5-8(9(16)17)14(4)6-7-15-10(18)12(2,3)13-11(15)19/h8H,5-7H2,1-4H3,(H,13,19)(H,16,17). The molecular weight excluding hydrogens is 250 g/mol. The van der Waals surface area contributed by atoms with E-state index >= 15 is 0 Å². The molecule has 0 spiro atoms. The number of amides is 3. The van der Waals surface area contributed by atoms with Crippen LogP contribution < -0.4 is 5.32 Å². The number of carboxylic acid groups (broad SMARTS) is 1. The topological polar surface area (TPSA) is 89.9 Å². The summed E-state index contributed by atoms with van der Waals surface area (Å²) in [7, 11) is 1.67. The Kier molecular flexibility index (Phi) is 4.52. The molecule has 0 aliphatic carbocycles. The summed E-state index contributed by atoms with van der Waals surface area (Å²) >= 11 is 0. The SMILES string of the molecule is CCC(C(=O)O)N(C)CCN1C(=O)NC(C)(C)C1=O. The number of carbonyl (C=O) groups excluding carboxylic acids is 2. The van der Waals surface area contributed by atoms with E-state index in [1.165, 1.54) is 0 Å². The lowest BCUT2D eigenvalue weighted by Gasteiger charge is -2.25. The van der Waals surface area contributed by atoms with Crippen molar-refractivity contribution in [3.63, 3.8) is 0 Å². The lowest BCUT2D eigenvalue weighted by molar-refractivity contribution is -0.142. The normalized spacial score (nSPS) is 19.7. The Hall–Kier alpha value is -1.63. The molecule has 7 nitrogen and oxygen atoms in total. The number of imide groups is 1. The van der Waals surface area contributed by atoms with Gasteiger partial charge in [-0.25, -0.2) is 4.79 Å². The van der Waals surface area contributed by atoms with Crippen LogP contribution in [0.4, 0.5) is 4.79 Å². The Balaban J connectivity index is 2.60. The van der Waals surface area contributed by atoms with Crippen LogP contribution in [-0.4, -0.2) is 64.5 Å². The van der Waals surface area contributed by atoms with Gasteiger partial charge >= 0.3 is 12.0 Å². The maximum Gasteiger partial charge on any atom is 0.325 e. The summed E-state index contributed by atoms with van der Waals surface area (Å²) in [4.78, 5) is 37.3. The van der Waals surface area contributed by atoms with E-state index < -0.39 is 23.6 Å². The summed E-state index contributed by atoms with van der Waals surface area (Å²) in [6.45, 7) is 5.59. The minimum absolute atomic E-state index is 0.189. The second-order valence-corrected chi connectivity index (χ2v) is 5.25. The van der Waals surface area contributed by atoms with Crippen LogP contribution >= 0.6 is 0 Å². The first-order valence-corrected chi connectivity index (χ1v) is 6.28. The van der Waals surface area contributed by atoms with Crippen LogP contribution in [-0.2, 0) is 9.59 Å². The third-order valence-corrected chi connectivity index (χ3v) is 3.32. The predicted octanol–water partition coefficient (Wildman–Crippen LogP) is 0.112. The maximum atomic E-state index is 11.9. The summed E-state index contributed by atoms with van der Waals surface area (Å²) in [5, 5.41) is 11.6. The maximum absolute atomic E-state index is 11.9. The smallest absolute Gasteiger partial charge is 0.325 e. The van der Waals surface area contributed by atoms with Gasteiger partial charge in [0, 0.05) is 13.1 Å². The van der Waals surface area contributed by atoms with Crippen LogP contribution in [0, 0.1) is 0 Å². The third-order valence-electron chi connectivity index (χ3n) is 3.32. The lowest BCUT2D eigenvalue weighted by Crippen LogP contribution is -2.44. The second-order valence-electron chi connectivity index (χ2n) is 5.25. The van der Waals surface area contributed by atoms with Gasteiger partial charge in [-0.05, 0) is 27.3 Å². The molecule has 3 amide bonds. The second kappa shape index (κ2) is 5.56. The Morgan fingerprint density at radius 1 is 1.47 bits per heavy atom. The van der Waals surface area contributed by atoms with Crippen LogP contribution in [0.1, 0.15) is 27.2 Å². The molecule has 1 unspecified atom stereocenters. The first kappa shape index (κ1) is 15.4. The van der Waals surface area contributed by atoms with Crippen molar-refractivity contribution in [1.29, 1.82) is 0 Å². The zero-order valence-corrected chi connectivity index (χ0v) is 11.8. The van der Waals surface area contributed by atoms with Crippen molar-refractivity contribution in [1.82, 2.24) is 15.1 Å². The van der Waals surface area contributed by atoms with Crippen molar-refractivity contribution in [2.75, 3.05) is 20.1 Å². The molecule has 0 radical (unpaired) electrons. The van der Waals surface area contributed by atoms with Crippen molar-refractivity contribution in [2.24, 2.45) is 0 Å². The largest absolute Gasteiger partial charge is 0.480 e. The average Bonchev–Trinajstić information content (AvgIpc) is 2.46. The van der Waals surface area contributed by atoms with Gasteiger partial charge in [-0.15, -0.1) is 0 Å². The first-order chi connectivity index (χ1) is 8.70. The first-order valence-electron chi connectivity index (χ1n) is 6.28. The molecule has 0 saturated carbocycles. The molecule has 0 aromatic heterocycles. The van der Waals surface area contributed by atoms with E-state index in [9.17, 15) is 14.4 Å². The van der Waals surface area contributed by atoms with Gasteiger partial charge in [-0.3, -0.25) is 19.4 Å². The predicted molar refractivity (Wildman–Crippen MR) is 68.7 cm³/mol. The molecule has 0 bridgehead atoms. The number of hydrogen-bond acceptors (Lipinski definition) is 4. The number of nitrogens with one attached hydrogen (secondary N) is 1. The molecule has 0 aromatic rings. The fraction of sp³-hybridized carbons (Fsp3) is 0.750. The van der Waals surface area contributed by atoms with Gasteiger partial charge in [0.25, 0.3) is 5.91 Å². The number of aliphatic carboxylic acids is 1. The van der Waals surface area contributed by atoms with Crippen molar-refractivity contribution in [3.8, 4) is 0 Å². The highest BCUT2D eigenvalue weighted by Gasteiger charge is 2.44. The Morgan fingerprint density at radius 3 is 2.42 bits per heavy atom. The Bertz CT molecular complexity index is 394. The zero-order valence-electron chi connectivity index (χ0n) is 11.8. The summed E-state index contributed by atoms with van der Waals surface area (Å²) in [6.07, 6.45) is 0.470. The molecule has 1 saturated heterocycles. The third kappa shape index (κ3) is 3.23. The molecule has 1 aliphatic rings. The molecule has 1 aliphatic heterocycles. The van der Waals surface area contributed by atoms with E-state index in [4.69, 9.17) is 5.11 Å². The van der Waals surface area contributed by atoms with E-state index in [0.717, 1.165) is 4.90 Å². The van der Waals surface area contributed by atoms with Crippen LogP contribution in [0.15, 0.2) is 0 Å². The van der Waals surface area contributed by atoms with Crippen molar-refractivity contribution < 1.29 is 19.5 Å². The van der Waals surface area contributed by atoms with Crippen molar-refractivity contribution in [2.45, 2.75) is 38.8 Å². The van der Waals surface area contributed by atoms with Gasteiger partial charge in [0.15, 0.2) is 0 Å². The van der Waals surface area contributed by atoms with Gasteiger partial charge in [-0.2, -0.15) is 0 Å².